The Morgan fingerprint density at radius 2 is 2.00 bits per heavy atom. The Labute approximate surface area is 114 Å². The van der Waals surface area contributed by atoms with Crippen molar-refractivity contribution in [3.05, 3.63) is 28.0 Å². The Kier molecular flexibility index (Phi) is 3.21. The lowest BCUT2D eigenvalue weighted by molar-refractivity contribution is -0.130. The molecule has 1 N–H and O–H groups in total. The second kappa shape index (κ2) is 4.40. The molecule has 1 aliphatic rings. The van der Waals surface area contributed by atoms with Gasteiger partial charge in [-0.15, -0.1) is 0 Å². The number of halogens is 2. The highest BCUT2D eigenvalue weighted by atomic mass is 35.5. The smallest absolute Gasteiger partial charge is 0.324 e. The van der Waals surface area contributed by atoms with Crippen LogP contribution < -0.4 is 5.32 Å². The van der Waals surface area contributed by atoms with Gasteiger partial charge in [-0.3, -0.25) is 9.69 Å². The van der Waals surface area contributed by atoms with E-state index in [1.807, 2.05) is 0 Å². The Hall–Kier alpha value is -1.33. The van der Waals surface area contributed by atoms with Crippen molar-refractivity contribution >= 4 is 35.1 Å². The van der Waals surface area contributed by atoms with Crippen molar-refractivity contribution in [2.45, 2.75) is 25.9 Å². The van der Waals surface area contributed by atoms with E-state index in [9.17, 15) is 9.59 Å². The van der Waals surface area contributed by atoms with Gasteiger partial charge in [0.2, 0.25) is 0 Å². The van der Waals surface area contributed by atoms with Crippen molar-refractivity contribution in [3.63, 3.8) is 0 Å². The molecule has 5 nitrogen and oxygen atoms in total. The largest absolute Gasteiger partial charge is 0.325 e. The minimum atomic E-state index is -0.901. The van der Waals surface area contributed by atoms with E-state index in [4.69, 9.17) is 23.2 Å². The van der Waals surface area contributed by atoms with Gasteiger partial charge in [-0.05, 0) is 26.0 Å². The maximum atomic E-state index is 12.0. The molecule has 1 aromatic rings. The molecule has 0 bridgehead atoms. The summed E-state index contributed by atoms with van der Waals surface area (Å²) in [5, 5.41) is 3.21. The first-order valence-electron chi connectivity index (χ1n) is 5.26. The van der Waals surface area contributed by atoms with Crippen molar-refractivity contribution in [1.82, 2.24) is 15.2 Å². The molecule has 2 heterocycles. The van der Waals surface area contributed by atoms with E-state index in [-0.39, 0.29) is 17.6 Å². The summed E-state index contributed by atoms with van der Waals surface area (Å²) in [7, 11) is 0. The summed E-state index contributed by atoms with van der Waals surface area (Å²) in [6, 6.07) is 2.67. The number of aromatic nitrogens is 1. The summed E-state index contributed by atoms with van der Waals surface area (Å²) in [5.74, 6) is -0.314. The molecular weight excluding hydrogens is 277 g/mol. The SMILES string of the molecule is CC1(C)NC(=O)N(Cc2nc(Cl)ccc2Cl)C1=O. The number of imide groups is 1. The molecule has 18 heavy (non-hydrogen) atoms. The van der Waals surface area contributed by atoms with Crippen LogP contribution in [0.25, 0.3) is 0 Å². The zero-order chi connectivity index (χ0) is 13.5. The number of rotatable bonds is 2. The number of urea groups is 1. The zero-order valence-electron chi connectivity index (χ0n) is 9.83. The van der Waals surface area contributed by atoms with Crippen molar-refractivity contribution in [1.29, 1.82) is 0 Å². The number of hydrogen-bond acceptors (Lipinski definition) is 3. The minimum Gasteiger partial charge on any atom is -0.324 e. The van der Waals surface area contributed by atoms with E-state index in [1.54, 1.807) is 26.0 Å². The number of nitrogens with one attached hydrogen (secondary N) is 1. The van der Waals surface area contributed by atoms with Crippen LogP contribution in [0, 0.1) is 0 Å². The fourth-order valence-electron chi connectivity index (χ4n) is 1.68. The standard InChI is InChI=1S/C11H11Cl2N3O2/c1-11(2)9(17)16(10(18)15-11)5-7-6(12)3-4-8(13)14-7/h3-4H,5H2,1-2H3,(H,15,18). The summed E-state index contributed by atoms with van der Waals surface area (Å²) < 4.78 is 0. The maximum Gasteiger partial charge on any atom is 0.325 e. The Bertz CT molecular complexity index is 531. The highest BCUT2D eigenvalue weighted by Crippen LogP contribution is 2.23. The lowest BCUT2D eigenvalue weighted by Crippen LogP contribution is -2.40. The molecule has 1 fully saturated rings. The molecule has 0 unspecified atom stereocenters. The number of pyridine rings is 1. The Balaban J connectivity index is 2.27. The first kappa shape index (κ1) is 13.1. The molecule has 2 rings (SSSR count). The van der Waals surface area contributed by atoms with Crippen LogP contribution in [0.3, 0.4) is 0 Å². The van der Waals surface area contributed by atoms with Crippen LogP contribution in [0.15, 0.2) is 12.1 Å². The summed E-state index contributed by atoms with van der Waals surface area (Å²) >= 11 is 11.7. The van der Waals surface area contributed by atoms with Gasteiger partial charge in [-0.25, -0.2) is 9.78 Å². The highest BCUT2D eigenvalue weighted by molar-refractivity contribution is 6.32. The van der Waals surface area contributed by atoms with E-state index in [1.165, 1.54) is 0 Å². The number of carbonyl (C=O) groups is 2. The number of hydrogen-bond donors (Lipinski definition) is 1. The van der Waals surface area contributed by atoms with Crippen LogP contribution >= 0.6 is 23.2 Å². The molecule has 1 saturated heterocycles. The number of nitrogens with zero attached hydrogens (tertiary/aromatic N) is 2. The third-order valence-electron chi connectivity index (χ3n) is 2.64. The normalized spacial score (nSPS) is 18.1. The highest BCUT2D eigenvalue weighted by Gasteiger charge is 2.44. The third-order valence-corrected chi connectivity index (χ3v) is 3.19. The van der Waals surface area contributed by atoms with Crippen molar-refractivity contribution in [3.8, 4) is 0 Å². The predicted molar refractivity (Wildman–Crippen MR) is 67.4 cm³/mol. The van der Waals surface area contributed by atoms with Gasteiger partial charge in [0.05, 0.1) is 17.3 Å². The number of carbonyl (C=O) groups excluding carboxylic acids is 2. The fourth-order valence-corrected chi connectivity index (χ4v) is 2.01. The molecule has 3 amide bonds. The van der Waals surface area contributed by atoms with E-state index in [0.29, 0.717) is 10.7 Å². The van der Waals surface area contributed by atoms with E-state index < -0.39 is 11.6 Å². The van der Waals surface area contributed by atoms with E-state index >= 15 is 0 Å². The lowest BCUT2D eigenvalue weighted by Gasteiger charge is -2.16. The van der Waals surface area contributed by atoms with Gasteiger partial charge in [-0.1, -0.05) is 23.2 Å². The van der Waals surface area contributed by atoms with Gasteiger partial charge in [0.15, 0.2) is 0 Å². The van der Waals surface area contributed by atoms with Crippen LogP contribution in [0.2, 0.25) is 10.2 Å². The molecule has 96 valence electrons. The topological polar surface area (TPSA) is 62.3 Å². The molecule has 0 aliphatic carbocycles. The zero-order valence-corrected chi connectivity index (χ0v) is 11.3. The summed E-state index contributed by atoms with van der Waals surface area (Å²) in [5.41, 5.74) is -0.507. The van der Waals surface area contributed by atoms with Gasteiger partial charge >= 0.3 is 6.03 Å². The number of amides is 3. The average Bonchev–Trinajstić information content (AvgIpc) is 2.46. The maximum absolute atomic E-state index is 12.0. The van der Waals surface area contributed by atoms with Gasteiger partial charge in [-0.2, -0.15) is 0 Å². The summed E-state index contributed by atoms with van der Waals surface area (Å²) in [4.78, 5) is 28.8. The second-order valence-corrected chi connectivity index (χ2v) is 5.30. The van der Waals surface area contributed by atoms with Crippen molar-refractivity contribution in [2.75, 3.05) is 0 Å². The molecular formula is C11H11Cl2N3O2. The van der Waals surface area contributed by atoms with Crippen LogP contribution in [-0.4, -0.2) is 27.4 Å². The summed E-state index contributed by atoms with van der Waals surface area (Å²) in [6.07, 6.45) is 0. The fraction of sp³-hybridized carbons (Fsp3) is 0.364. The molecule has 0 aromatic carbocycles. The van der Waals surface area contributed by atoms with E-state index in [2.05, 4.69) is 10.3 Å². The van der Waals surface area contributed by atoms with Crippen LogP contribution in [0.5, 0.6) is 0 Å². The Morgan fingerprint density at radius 1 is 1.33 bits per heavy atom. The van der Waals surface area contributed by atoms with Gasteiger partial charge in [0.25, 0.3) is 5.91 Å². The van der Waals surface area contributed by atoms with Gasteiger partial charge in [0.1, 0.15) is 10.7 Å². The van der Waals surface area contributed by atoms with Crippen molar-refractivity contribution in [2.24, 2.45) is 0 Å². The molecule has 0 spiro atoms. The van der Waals surface area contributed by atoms with Gasteiger partial charge in [0, 0.05) is 0 Å². The quantitative estimate of drug-likeness (QED) is 0.670. The molecule has 0 atom stereocenters. The predicted octanol–water partition coefficient (Wildman–Crippen LogP) is 2.22. The molecule has 0 radical (unpaired) electrons. The molecule has 1 aromatic heterocycles. The van der Waals surface area contributed by atoms with Gasteiger partial charge < -0.3 is 5.32 Å². The van der Waals surface area contributed by atoms with Crippen LogP contribution in [0.1, 0.15) is 19.5 Å². The Morgan fingerprint density at radius 3 is 2.56 bits per heavy atom. The van der Waals surface area contributed by atoms with Crippen molar-refractivity contribution < 1.29 is 9.59 Å². The van der Waals surface area contributed by atoms with Crippen LogP contribution in [0.4, 0.5) is 4.79 Å². The molecule has 7 heteroatoms. The monoisotopic (exact) mass is 287 g/mol. The summed E-state index contributed by atoms with van der Waals surface area (Å²) in [6.45, 7) is 3.29. The second-order valence-electron chi connectivity index (χ2n) is 4.51. The average molecular weight is 288 g/mol. The third kappa shape index (κ3) is 2.28. The first-order valence-corrected chi connectivity index (χ1v) is 6.02. The van der Waals surface area contributed by atoms with Crippen LogP contribution in [-0.2, 0) is 11.3 Å². The lowest BCUT2D eigenvalue weighted by atomic mass is 10.1. The minimum absolute atomic E-state index is 0.00743. The molecule has 1 aliphatic heterocycles. The van der Waals surface area contributed by atoms with E-state index in [0.717, 1.165) is 4.90 Å². The first-order chi connectivity index (χ1) is 8.31. The molecule has 0 saturated carbocycles.